The van der Waals surface area contributed by atoms with Crippen LogP contribution >= 0.6 is 11.6 Å². The first-order valence-corrected chi connectivity index (χ1v) is 7.15. The third-order valence-electron chi connectivity index (χ3n) is 1.97. The minimum absolute atomic E-state index is 0.0107. The van der Waals surface area contributed by atoms with Crippen molar-refractivity contribution in [1.82, 2.24) is 0 Å². The lowest BCUT2D eigenvalue weighted by Gasteiger charge is -2.07. The Bertz CT molecular complexity index is 459. The zero-order valence-corrected chi connectivity index (χ0v) is 10.5. The number of halogens is 1. The molecule has 1 rings (SSSR count). The molecule has 0 bridgehead atoms. The topological polar surface area (TPSA) is 69.4 Å². The highest BCUT2D eigenvalue weighted by Gasteiger charge is 2.04. The van der Waals surface area contributed by atoms with Gasteiger partial charge in [0.25, 0.3) is 0 Å². The van der Waals surface area contributed by atoms with Crippen molar-refractivity contribution in [2.45, 2.75) is 6.54 Å². The number of nitrogens with two attached hydrogens (primary N) is 1. The Morgan fingerprint density at radius 3 is 2.62 bits per heavy atom. The van der Waals surface area contributed by atoms with E-state index in [2.05, 4.69) is 0 Å². The van der Waals surface area contributed by atoms with Crippen LogP contribution < -0.4 is 10.5 Å². The fourth-order valence-electron chi connectivity index (χ4n) is 1.09. The molecule has 0 spiro atoms. The van der Waals surface area contributed by atoms with E-state index >= 15 is 0 Å². The smallest absolute Gasteiger partial charge is 0.150 e. The molecule has 0 radical (unpaired) electrons. The van der Waals surface area contributed by atoms with Crippen molar-refractivity contribution in [3.8, 4) is 5.75 Å². The van der Waals surface area contributed by atoms with Gasteiger partial charge in [0.05, 0.1) is 5.75 Å². The fraction of sp³-hybridized carbons (Fsp3) is 0.400. The van der Waals surface area contributed by atoms with E-state index in [4.69, 9.17) is 22.1 Å². The van der Waals surface area contributed by atoms with Gasteiger partial charge in [-0.1, -0.05) is 17.7 Å². The van der Waals surface area contributed by atoms with Crippen LogP contribution in [0.1, 0.15) is 5.56 Å². The highest BCUT2D eigenvalue weighted by Crippen LogP contribution is 2.22. The maximum Gasteiger partial charge on any atom is 0.150 e. The number of hydrogen-bond donors (Lipinski definition) is 1. The van der Waals surface area contributed by atoms with Gasteiger partial charge in [-0.3, -0.25) is 0 Å². The predicted octanol–water partition coefficient (Wildman–Crippen LogP) is 1.22. The molecule has 0 aromatic heterocycles. The van der Waals surface area contributed by atoms with E-state index in [0.29, 0.717) is 17.3 Å². The summed E-state index contributed by atoms with van der Waals surface area (Å²) in [5.74, 6) is 0.536. The lowest BCUT2D eigenvalue weighted by atomic mass is 10.2. The standard InChI is InChI=1S/C10H14ClNO3S/c1-16(13,14)5-4-15-9-3-2-8(7-12)10(11)6-9/h2-3,6H,4-5,7,12H2,1H3. The van der Waals surface area contributed by atoms with Crippen LogP contribution in [0.15, 0.2) is 18.2 Å². The summed E-state index contributed by atoms with van der Waals surface area (Å²) in [6.45, 7) is 0.486. The van der Waals surface area contributed by atoms with Crippen molar-refractivity contribution >= 4 is 21.4 Å². The molecule has 0 aliphatic heterocycles. The van der Waals surface area contributed by atoms with E-state index in [1.165, 1.54) is 6.26 Å². The maximum absolute atomic E-state index is 10.9. The average Bonchev–Trinajstić information content (AvgIpc) is 2.16. The molecule has 0 heterocycles. The van der Waals surface area contributed by atoms with Crippen molar-refractivity contribution in [3.05, 3.63) is 28.8 Å². The van der Waals surface area contributed by atoms with Gasteiger partial charge < -0.3 is 10.5 Å². The lowest BCUT2D eigenvalue weighted by molar-refractivity contribution is 0.341. The van der Waals surface area contributed by atoms with Gasteiger partial charge in [0.1, 0.15) is 12.4 Å². The van der Waals surface area contributed by atoms with Gasteiger partial charge in [-0.05, 0) is 17.7 Å². The zero-order chi connectivity index (χ0) is 12.2. The van der Waals surface area contributed by atoms with Crippen LogP contribution in [0.3, 0.4) is 0 Å². The summed E-state index contributed by atoms with van der Waals surface area (Å²) in [7, 11) is -3.00. The summed E-state index contributed by atoms with van der Waals surface area (Å²) >= 11 is 5.92. The van der Waals surface area contributed by atoms with E-state index in [-0.39, 0.29) is 12.4 Å². The number of sulfone groups is 1. The quantitative estimate of drug-likeness (QED) is 0.867. The Morgan fingerprint density at radius 2 is 2.12 bits per heavy atom. The van der Waals surface area contributed by atoms with Crippen molar-refractivity contribution in [1.29, 1.82) is 0 Å². The second kappa shape index (κ2) is 5.52. The normalized spacial score (nSPS) is 11.4. The predicted molar refractivity (Wildman–Crippen MR) is 64.5 cm³/mol. The summed E-state index contributed by atoms with van der Waals surface area (Å²) < 4.78 is 27.0. The molecule has 0 atom stereocenters. The Labute approximate surface area is 100 Å². The van der Waals surface area contributed by atoms with Gasteiger partial charge in [-0.15, -0.1) is 0 Å². The molecule has 0 aliphatic carbocycles. The molecule has 0 saturated heterocycles. The van der Waals surface area contributed by atoms with Crippen LogP contribution in [-0.2, 0) is 16.4 Å². The second-order valence-corrected chi connectivity index (χ2v) is 6.10. The van der Waals surface area contributed by atoms with E-state index in [1.54, 1.807) is 18.2 Å². The molecule has 0 fully saturated rings. The van der Waals surface area contributed by atoms with Gasteiger partial charge in [-0.2, -0.15) is 0 Å². The molecule has 6 heteroatoms. The van der Waals surface area contributed by atoms with Gasteiger partial charge >= 0.3 is 0 Å². The van der Waals surface area contributed by atoms with E-state index < -0.39 is 9.84 Å². The van der Waals surface area contributed by atoms with Crippen molar-refractivity contribution in [2.75, 3.05) is 18.6 Å². The second-order valence-electron chi connectivity index (χ2n) is 3.44. The molecule has 1 aromatic carbocycles. The van der Waals surface area contributed by atoms with E-state index in [0.717, 1.165) is 5.56 Å². The van der Waals surface area contributed by atoms with Crippen LogP contribution in [0.2, 0.25) is 5.02 Å². The molecule has 0 unspecified atom stereocenters. The highest BCUT2D eigenvalue weighted by atomic mass is 35.5. The van der Waals surface area contributed by atoms with Crippen LogP contribution in [-0.4, -0.2) is 27.0 Å². The summed E-state index contributed by atoms with van der Waals surface area (Å²) in [6.07, 6.45) is 1.17. The van der Waals surface area contributed by atoms with Crippen molar-refractivity contribution in [3.63, 3.8) is 0 Å². The van der Waals surface area contributed by atoms with Gasteiger partial charge in [-0.25, -0.2) is 8.42 Å². The largest absolute Gasteiger partial charge is 0.492 e. The first kappa shape index (κ1) is 13.3. The molecule has 0 amide bonds. The Hall–Kier alpha value is -0.780. The summed E-state index contributed by atoms with van der Waals surface area (Å²) in [5.41, 5.74) is 6.28. The highest BCUT2D eigenvalue weighted by molar-refractivity contribution is 7.90. The summed E-state index contributed by atoms with van der Waals surface area (Å²) in [4.78, 5) is 0. The summed E-state index contributed by atoms with van der Waals surface area (Å²) in [6, 6.07) is 5.11. The Balaban J connectivity index is 2.59. The third-order valence-corrected chi connectivity index (χ3v) is 3.23. The molecule has 0 aliphatic rings. The van der Waals surface area contributed by atoms with E-state index in [9.17, 15) is 8.42 Å². The molecule has 2 N–H and O–H groups in total. The number of rotatable bonds is 5. The molecular weight excluding hydrogens is 250 g/mol. The monoisotopic (exact) mass is 263 g/mol. The molecular formula is C10H14ClNO3S. The van der Waals surface area contributed by atoms with E-state index in [1.807, 2.05) is 0 Å². The Morgan fingerprint density at radius 1 is 1.44 bits per heavy atom. The summed E-state index contributed by atoms with van der Waals surface area (Å²) in [5, 5.41) is 0.527. The van der Waals surface area contributed by atoms with Crippen molar-refractivity contribution in [2.24, 2.45) is 5.73 Å². The SMILES string of the molecule is CS(=O)(=O)CCOc1ccc(CN)c(Cl)c1. The van der Waals surface area contributed by atoms with Crippen LogP contribution in [0, 0.1) is 0 Å². The van der Waals surface area contributed by atoms with Crippen molar-refractivity contribution < 1.29 is 13.2 Å². The molecule has 1 aromatic rings. The Kier molecular flexibility index (Phi) is 4.58. The van der Waals surface area contributed by atoms with Crippen LogP contribution in [0.4, 0.5) is 0 Å². The maximum atomic E-state index is 10.9. The molecule has 0 saturated carbocycles. The first-order valence-electron chi connectivity index (χ1n) is 4.71. The zero-order valence-electron chi connectivity index (χ0n) is 8.94. The third kappa shape index (κ3) is 4.38. The molecule has 4 nitrogen and oxygen atoms in total. The minimum Gasteiger partial charge on any atom is -0.492 e. The number of ether oxygens (including phenoxy) is 1. The fourth-order valence-corrected chi connectivity index (χ4v) is 1.73. The minimum atomic E-state index is -3.00. The average molecular weight is 264 g/mol. The van der Waals surface area contributed by atoms with Gasteiger partial charge in [0.2, 0.25) is 0 Å². The van der Waals surface area contributed by atoms with Gasteiger partial charge in [0, 0.05) is 17.8 Å². The van der Waals surface area contributed by atoms with Gasteiger partial charge in [0.15, 0.2) is 9.84 Å². The molecule has 16 heavy (non-hydrogen) atoms. The molecule has 90 valence electrons. The lowest BCUT2D eigenvalue weighted by Crippen LogP contribution is -2.12. The van der Waals surface area contributed by atoms with Crippen LogP contribution in [0.25, 0.3) is 0 Å². The number of benzene rings is 1. The van der Waals surface area contributed by atoms with Crippen LogP contribution in [0.5, 0.6) is 5.75 Å². The number of hydrogen-bond acceptors (Lipinski definition) is 4. The first-order chi connectivity index (χ1) is 7.42.